The van der Waals surface area contributed by atoms with E-state index in [0.29, 0.717) is 35.9 Å². The third kappa shape index (κ3) is 5.70. The van der Waals surface area contributed by atoms with E-state index in [2.05, 4.69) is 10.3 Å². The second kappa shape index (κ2) is 10.4. The highest BCUT2D eigenvalue weighted by Crippen LogP contribution is 2.33. The van der Waals surface area contributed by atoms with Gasteiger partial charge < -0.3 is 14.9 Å². The van der Waals surface area contributed by atoms with Crippen LogP contribution in [0.15, 0.2) is 36.5 Å². The topological polar surface area (TPSA) is 109 Å². The van der Waals surface area contributed by atoms with Crippen molar-refractivity contribution in [1.82, 2.24) is 10.3 Å². The molecule has 1 aromatic heterocycles. The van der Waals surface area contributed by atoms with Crippen LogP contribution >= 0.6 is 11.6 Å². The van der Waals surface area contributed by atoms with E-state index in [1.807, 2.05) is 13.8 Å². The van der Waals surface area contributed by atoms with Gasteiger partial charge in [0.2, 0.25) is 0 Å². The molecule has 30 heavy (non-hydrogen) atoms. The van der Waals surface area contributed by atoms with Gasteiger partial charge in [0.25, 0.3) is 0 Å². The Hall–Kier alpha value is -2.64. The van der Waals surface area contributed by atoms with Crippen molar-refractivity contribution >= 4 is 23.5 Å². The molecule has 0 aliphatic rings. The number of nitrogens with one attached hydrogen (secondary N) is 1. The van der Waals surface area contributed by atoms with Gasteiger partial charge in [-0.2, -0.15) is 0 Å². The number of rotatable bonds is 11. The van der Waals surface area contributed by atoms with Crippen LogP contribution in [0, 0.1) is 0 Å². The van der Waals surface area contributed by atoms with Crippen molar-refractivity contribution in [3.8, 4) is 17.0 Å². The predicted molar refractivity (Wildman–Crippen MR) is 115 cm³/mol. The first kappa shape index (κ1) is 23.6. The Morgan fingerprint density at radius 1 is 1.20 bits per heavy atom. The van der Waals surface area contributed by atoms with E-state index < -0.39 is 23.5 Å². The average molecular weight is 435 g/mol. The number of ether oxygens (including phenoxy) is 1. The van der Waals surface area contributed by atoms with Gasteiger partial charge >= 0.3 is 11.9 Å². The smallest absolute Gasteiger partial charge is 0.323 e. The minimum absolute atomic E-state index is 0.141. The molecule has 1 heterocycles. The van der Waals surface area contributed by atoms with Gasteiger partial charge in [0.15, 0.2) is 0 Å². The summed E-state index contributed by atoms with van der Waals surface area (Å²) in [5.74, 6) is -1.62. The second-order valence-corrected chi connectivity index (χ2v) is 7.61. The van der Waals surface area contributed by atoms with Crippen molar-refractivity contribution in [3.05, 3.63) is 47.1 Å². The van der Waals surface area contributed by atoms with E-state index in [1.54, 1.807) is 36.5 Å². The van der Waals surface area contributed by atoms with Crippen molar-refractivity contribution in [3.63, 3.8) is 0 Å². The highest BCUT2D eigenvalue weighted by molar-refractivity contribution is 6.34. The number of hydrogen-bond acceptors (Lipinski definition) is 5. The number of aromatic nitrogens is 1. The molecule has 2 unspecified atom stereocenters. The molecule has 3 N–H and O–H groups in total. The molecule has 7 nitrogen and oxygen atoms in total. The molecule has 162 valence electrons. The van der Waals surface area contributed by atoms with Crippen LogP contribution < -0.4 is 10.1 Å². The van der Waals surface area contributed by atoms with E-state index in [-0.39, 0.29) is 6.42 Å². The number of carboxylic acid groups (broad SMARTS) is 2. The van der Waals surface area contributed by atoms with Crippen LogP contribution in [0.1, 0.15) is 39.2 Å². The molecule has 0 aliphatic carbocycles. The second-order valence-electron chi connectivity index (χ2n) is 7.23. The molecule has 0 radical (unpaired) electrons. The summed E-state index contributed by atoms with van der Waals surface area (Å²) in [4.78, 5) is 27.7. The Bertz CT molecular complexity index is 888. The van der Waals surface area contributed by atoms with Crippen LogP contribution in [0.2, 0.25) is 5.02 Å². The van der Waals surface area contributed by atoms with Gasteiger partial charge in [-0.1, -0.05) is 49.2 Å². The lowest BCUT2D eigenvalue weighted by Crippen LogP contribution is -2.56. The molecule has 1 aromatic carbocycles. The first-order valence-corrected chi connectivity index (χ1v) is 10.2. The van der Waals surface area contributed by atoms with Gasteiger partial charge in [-0.3, -0.25) is 19.9 Å². The predicted octanol–water partition coefficient (Wildman–Crippen LogP) is 4.03. The summed E-state index contributed by atoms with van der Waals surface area (Å²) in [7, 11) is 0. The SMILES string of the molecule is CCCC(C)(NC(Cc1ccc(-c2nccc(OCC)c2Cl)cc1)C(=O)O)C(=O)O. The van der Waals surface area contributed by atoms with Crippen molar-refractivity contribution in [2.45, 2.75) is 51.6 Å². The maximum atomic E-state index is 11.7. The van der Waals surface area contributed by atoms with Gasteiger partial charge in [-0.25, -0.2) is 0 Å². The van der Waals surface area contributed by atoms with Gasteiger partial charge in [-0.05, 0) is 32.3 Å². The van der Waals surface area contributed by atoms with Crippen molar-refractivity contribution in [1.29, 1.82) is 0 Å². The highest BCUT2D eigenvalue weighted by Gasteiger charge is 2.36. The zero-order valence-electron chi connectivity index (χ0n) is 17.3. The van der Waals surface area contributed by atoms with Gasteiger partial charge in [0, 0.05) is 17.8 Å². The normalized spacial score (nSPS) is 14.0. The lowest BCUT2D eigenvalue weighted by molar-refractivity contribution is -0.147. The summed E-state index contributed by atoms with van der Waals surface area (Å²) in [6.07, 6.45) is 2.70. The molecule has 8 heteroatoms. The number of benzene rings is 1. The Labute approximate surface area is 181 Å². The van der Waals surface area contributed by atoms with Crippen molar-refractivity contribution in [2.75, 3.05) is 6.61 Å². The Balaban J connectivity index is 2.22. The summed E-state index contributed by atoms with van der Waals surface area (Å²) in [6.45, 7) is 5.72. The highest BCUT2D eigenvalue weighted by atomic mass is 35.5. The molecule has 0 fully saturated rings. The zero-order chi connectivity index (χ0) is 22.3. The number of aliphatic carboxylic acids is 2. The Kier molecular flexibility index (Phi) is 8.20. The fourth-order valence-corrected chi connectivity index (χ4v) is 3.53. The maximum absolute atomic E-state index is 11.7. The lowest BCUT2D eigenvalue weighted by Gasteiger charge is -2.29. The zero-order valence-corrected chi connectivity index (χ0v) is 18.1. The fourth-order valence-electron chi connectivity index (χ4n) is 3.25. The number of pyridine rings is 1. The van der Waals surface area contributed by atoms with Crippen LogP contribution in [0.3, 0.4) is 0 Å². The van der Waals surface area contributed by atoms with Crippen LogP contribution in [-0.2, 0) is 16.0 Å². The summed E-state index contributed by atoms with van der Waals surface area (Å²) >= 11 is 6.39. The minimum Gasteiger partial charge on any atom is -0.492 e. The minimum atomic E-state index is -1.31. The lowest BCUT2D eigenvalue weighted by atomic mass is 9.93. The van der Waals surface area contributed by atoms with E-state index in [4.69, 9.17) is 16.3 Å². The van der Waals surface area contributed by atoms with E-state index in [0.717, 1.165) is 11.1 Å². The maximum Gasteiger partial charge on any atom is 0.323 e. The molecule has 2 rings (SSSR count). The summed E-state index contributed by atoms with van der Waals surface area (Å²) in [5, 5.41) is 22.3. The molecule has 0 spiro atoms. The van der Waals surface area contributed by atoms with Crippen molar-refractivity contribution in [2.24, 2.45) is 0 Å². The van der Waals surface area contributed by atoms with Crippen molar-refractivity contribution < 1.29 is 24.5 Å². The third-order valence-electron chi connectivity index (χ3n) is 4.83. The molecule has 0 saturated heterocycles. The monoisotopic (exact) mass is 434 g/mol. The first-order valence-electron chi connectivity index (χ1n) is 9.82. The molecule has 0 amide bonds. The number of carbonyl (C=O) groups is 2. The largest absolute Gasteiger partial charge is 0.492 e. The summed E-state index contributed by atoms with van der Waals surface area (Å²) in [5.41, 5.74) is 0.782. The van der Waals surface area contributed by atoms with Gasteiger partial charge in [0.1, 0.15) is 22.4 Å². The van der Waals surface area contributed by atoms with E-state index in [9.17, 15) is 19.8 Å². The summed E-state index contributed by atoms with van der Waals surface area (Å²) in [6, 6.07) is 7.85. The third-order valence-corrected chi connectivity index (χ3v) is 5.20. The first-order chi connectivity index (χ1) is 14.2. The van der Waals surface area contributed by atoms with Crippen LogP contribution in [0.25, 0.3) is 11.3 Å². The molecule has 0 aliphatic heterocycles. The quantitative estimate of drug-likeness (QED) is 0.489. The van der Waals surface area contributed by atoms with Crippen LogP contribution in [-0.4, -0.2) is 45.3 Å². The number of hydrogen-bond donors (Lipinski definition) is 3. The molecule has 2 atom stereocenters. The number of halogens is 1. The number of nitrogens with zero attached hydrogens (tertiary/aromatic N) is 1. The molecule has 0 saturated carbocycles. The Morgan fingerprint density at radius 2 is 1.87 bits per heavy atom. The molecule has 2 aromatic rings. The van der Waals surface area contributed by atoms with E-state index in [1.165, 1.54) is 6.92 Å². The van der Waals surface area contributed by atoms with Gasteiger partial charge in [-0.15, -0.1) is 0 Å². The molecule has 0 bridgehead atoms. The average Bonchev–Trinajstić information content (AvgIpc) is 2.70. The molecular formula is C22H27ClN2O5. The molecular weight excluding hydrogens is 408 g/mol. The summed E-state index contributed by atoms with van der Waals surface area (Å²) < 4.78 is 5.49. The van der Waals surface area contributed by atoms with Gasteiger partial charge in [0.05, 0.1) is 12.3 Å². The standard InChI is InChI=1S/C22H27ClN2O5/c1-4-11-22(3,21(28)29)25-16(20(26)27)13-14-6-8-15(9-7-14)19-18(23)17(30-5-2)10-12-24-19/h6-10,12,16,25H,4-5,11,13H2,1-3H3,(H,26,27)(H,28,29). The Morgan fingerprint density at radius 3 is 2.40 bits per heavy atom. The van der Waals surface area contributed by atoms with E-state index >= 15 is 0 Å². The van der Waals surface area contributed by atoms with Crippen LogP contribution in [0.4, 0.5) is 0 Å². The fraction of sp³-hybridized carbons (Fsp3) is 0.409. The van der Waals surface area contributed by atoms with Crippen LogP contribution in [0.5, 0.6) is 5.75 Å². The number of carboxylic acids is 2.